The lowest BCUT2D eigenvalue weighted by Gasteiger charge is -2.31. The minimum Gasteiger partial charge on any atom is -0.280 e. The van der Waals surface area contributed by atoms with Gasteiger partial charge in [0, 0.05) is 11.6 Å². The van der Waals surface area contributed by atoms with Crippen molar-refractivity contribution in [2.45, 2.75) is 10.3 Å². The first kappa shape index (κ1) is 10.9. The minimum absolute atomic E-state index is 0.466. The van der Waals surface area contributed by atoms with E-state index in [1.807, 2.05) is 11.8 Å². The Bertz CT molecular complexity index is 534. The van der Waals surface area contributed by atoms with E-state index in [0.717, 1.165) is 4.48 Å². The number of nitrogens with zero attached hydrogens (tertiary/aromatic N) is 1. The maximum Gasteiger partial charge on any atom is 0.170 e. The van der Waals surface area contributed by atoms with Gasteiger partial charge in [-0.3, -0.25) is 4.48 Å². The Labute approximate surface area is 107 Å². The number of benzene rings is 2. The molecule has 0 bridgehead atoms. The van der Waals surface area contributed by atoms with Gasteiger partial charge in [0.15, 0.2) is 5.37 Å². The molecule has 0 N–H and O–H groups in total. The standard InChI is InChI=1S/C15H16NS/c1-16(2)13-10-6-7-11-14(13)17-15(16)12-8-4-3-5-9-12/h3-11,15H,1-2H3/q+1. The summed E-state index contributed by atoms with van der Waals surface area (Å²) < 4.78 is 0.921. The third-order valence-electron chi connectivity index (χ3n) is 3.40. The van der Waals surface area contributed by atoms with Crippen LogP contribution < -0.4 is 4.48 Å². The van der Waals surface area contributed by atoms with Gasteiger partial charge in [-0.15, -0.1) is 0 Å². The van der Waals surface area contributed by atoms with Gasteiger partial charge >= 0.3 is 0 Å². The molecule has 0 saturated heterocycles. The van der Waals surface area contributed by atoms with Crippen molar-refractivity contribution in [2.75, 3.05) is 14.1 Å². The van der Waals surface area contributed by atoms with Crippen LogP contribution in [-0.2, 0) is 0 Å². The van der Waals surface area contributed by atoms with Crippen molar-refractivity contribution in [3.8, 4) is 0 Å². The zero-order valence-corrected chi connectivity index (χ0v) is 10.9. The smallest absolute Gasteiger partial charge is 0.170 e. The zero-order valence-electron chi connectivity index (χ0n) is 10.1. The summed E-state index contributed by atoms with van der Waals surface area (Å²) >= 11 is 1.97. The molecule has 1 unspecified atom stereocenters. The van der Waals surface area contributed by atoms with E-state index in [4.69, 9.17) is 0 Å². The van der Waals surface area contributed by atoms with Crippen LogP contribution in [0, 0.1) is 0 Å². The van der Waals surface area contributed by atoms with Crippen molar-refractivity contribution in [3.63, 3.8) is 0 Å². The monoisotopic (exact) mass is 242 g/mol. The molecule has 0 aliphatic carbocycles. The van der Waals surface area contributed by atoms with Crippen LogP contribution in [0.5, 0.6) is 0 Å². The van der Waals surface area contributed by atoms with Crippen molar-refractivity contribution < 1.29 is 0 Å². The van der Waals surface area contributed by atoms with E-state index in [0.29, 0.717) is 5.37 Å². The fraction of sp³-hybridized carbons (Fsp3) is 0.200. The van der Waals surface area contributed by atoms with Gasteiger partial charge < -0.3 is 0 Å². The average molecular weight is 242 g/mol. The lowest BCUT2D eigenvalue weighted by Crippen LogP contribution is -2.39. The van der Waals surface area contributed by atoms with Gasteiger partial charge in [-0.05, 0) is 6.07 Å². The number of thioether (sulfide) groups is 1. The number of fused-ring (bicyclic) bond motifs is 1. The van der Waals surface area contributed by atoms with Gasteiger partial charge in [0.25, 0.3) is 0 Å². The average Bonchev–Trinajstić information content (AvgIpc) is 2.63. The van der Waals surface area contributed by atoms with Crippen LogP contribution in [0.25, 0.3) is 0 Å². The van der Waals surface area contributed by atoms with E-state index in [-0.39, 0.29) is 0 Å². The van der Waals surface area contributed by atoms with Gasteiger partial charge in [0.05, 0.1) is 19.0 Å². The molecule has 2 aromatic rings. The molecular formula is C15H16NS+. The summed E-state index contributed by atoms with van der Waals surface area (Å²) in [5.41, 5.74) is 2.82. The predicted molar refractivity (Wildman–Crippen MR) is 75.1 cm³/mol. The highest BCUT2D eigenvalue weighted by molar-refractivity contribution is 8.00. The van der Waals surface area contributed by atoms with Gasteiger partial charge in [0.1, 0.15) is 5.69 Å². The van der Waals surface area contributed by atoms with Crippen LogP contribution in [0.1, 0.15) is 10.9 Å². The van der Waals surface area contributed by atoms with Gasteiger partial charge in [-0.2, -0.15) is 0 Å². The highest BCUT2D eigenvalue weighted by atomic mass is 32.2. The molecule has 1 aliphatic rings. The Morgan fingerprint density at radius 3 is 2.24 bits per heavy atom. The lowest BCUT2D eigenvalue weighted by molar-refractivity contribution is 0.388. The molecule has 1 heterocycles. The third-order valence-corrected chi connectivity index (χ3v) is 5.02. The Hall–Kier alpha value is -1.25. The number of hydrogen-bond acceptors (Lipinski definition) is 1. The molecule has 1 nitrogen and oxygen atoms in total. The molecular weight excluding hydrogens is 226 g/mol. The molecule has 3 rings (SSSR count). The number of quaternary nitrogens is 1. The minimum atomic E-state index is 0.466. The maximum atomic E-state index is 2.29. The van der Waals surface area contributed by atoms with Crippen LogP contribution in [-0.4, -0.2) is 14.1 Å². The molecule has 0 spiro atoms. The normalized spacial score (nSPS) is 21.2. The van der Waals surface area contributed by atoms with Crippen LogP contribution in [0.3, 0.4) is 0 Å². The first-order valence-electron chi connectivity index (χ1n) is 5.84. The second-order valence-electron chi connectivity index (χ2n) is 4.89. The first-order chi connectivity index (χ1) is 8.19. The molecule has 2 heteroatoms. The molecule has 1 aliphatic heterocycles. The second-order valence-corrected chi connectivity index (χ2v) is 6.01. The van der Waals surface area contributed by atoms with Crippen molar-refractivity contribution in [2.24, 2.45) is 0 Å². The highest BCUT2D eigenvalue weighted by Gasteiger charge is 2.41. The van der Waals surface area contributed by atoms with E-state index >= 15 is 0 Å². The van der Waals surface area contributed by atoms with Gasteiger partial charge in [0.2, 0.25) is 0 Å². The number of rotatable bonds is 1. The summed E-state index contributed by atoms with van der Waals surface area (Å²) in [7, 11) is 4.58. The number of hydrogen-bond donors (Lipinski definition) is 0. The van der Waals surface area contributed by atoms with Crippen LogP contribution in [0.2, 0.25) is 0 Å². The molecule has 0 fully saturated rings. The highest BCUT2D eigenvalue weighted by Crippen LogP contribution is 2.53. The Kier molecular flexibility index (Phi) is 2.49. The van der Waals surface area contributed by atoms with Crippen LogP contribution in [0.15, 0.2) is 59.5 Å². The quantitative estimate of drug-likeness (QED) is 0.680. The van der Waals surface area contributed by atoms with Crippen molar-refractivity contribution >= 4 is 17.4 Å². The van der Waals surface area contributed by atoms with E-state index in [1.54, 1.807) is 0 Å². The summed E-state index contributed by atoms with van der Waals surface area (Å²) in [6.07, 6.45) is 0. The summed E-state index contributed by atoms with van der Waals surface area (Å²) in [4.78, 5) is 1.41. The Morgan fingerprint density at radius 2 is 1.53 bits per heavy atom. The fourth-order valence-electron chi connectivity index (χ4n) is 2.47. The lowest BCUT2D eigenvalue weighted by atomic mass is 10.1. The number of para-hydroxylation sites is 1. The summed E-state index contributed by atoms with van der Waals surface area (Å²) in [6.45, 7) is 0. The molecule has 2 aromatic carbocycles. The Balaban J connectivity index is 2.07. The maximum absolute atomic E-state index is 2.29. The van der Waals surface area contributed by atoms with Crippen LogP contribution >= 0.6 is 11.8 Å². The summed E-state index contributed by atoms with van der Waals surface area (Å²) in [5, 5.41) is 0.466. The predicted octanol–water partition coefficient (Wildman–Crippen LogP) is 4.06. The summed E-state index contributed by atoms with van der Waals surface area (Å²) in [6, 6.07) is 19.5. The molecule has 1 atom stereocenters. The second kappa shape index (κ2) is 3.90. The third kappa shape index (κ3) is 1.68. The topological polar surface area (TPSA) is 0 Å². The van der Waals surface area contributed by atoms with E-state index in [9.17, 15) is 0 Å². The van der Waals surface area contributed by atoms with Crippen molar-refractivity contribution in [3.05, 3.63) is 60.2 Å². The Morgan fingerprint density at radius 1 is 0.882 bits per heavy atom. The molecule has 0 saturated carbocycles. The molecule has 0 aromatic heterocycles. The zero-order chi connectivity index (χ0) is 11.9. The van der Waals surface area contributed by atoms with Gasteiger partial charge in [-0.25, -0.2) is 0 Å². The fourth-order valence-corrected chi connectivity index (χ4v) is 3.96. The molecule has 0 radical (unpaired) electrons. The van der Waals surface area contributed by atoms with Crippen molar-refractivity contribution in [1.82, 2.24) is 4.48 Å². The molecule has 17 heavy (non-hydrogen) atoms. The van der Waals surface area contributed by atoms with E-state index in [2.05, 4.69) is 68.7 Å². The SMILES string of the molecule is C[N+]1(C)c2ccccc2SC1c1ccccc1. The molecule has 0 amide bonds. The molecule has 86 valence electrons. The van der Waals surface area contributed by atoms with E-state index < -0.39 is 0 Å². The van der Waals surface area contributed by atoms with Crippen LogP contribution in [0.4, 0.5) is 5.69 Å². The van der Waals surface area contributed by atoms with E-state index in [1.165, 1.54) is 16.1 Å². The summed E-state index contributed by atoms with van der Waals surface area (Å²) in [5.74, 6) is 0. The van der Waals surface area contributed by atoms with Crippen molar-refractivity contribution in [1.29, 1.82) is 0 Å². The first-order valence-corrected chi connectivity index (χ1v) is 6.72. The van der Waals surface area contributed by atoms with Gasteiger partial charge in [-0.1, -0.05) is 54.2 Å². The largest absolute Gasteiger partial charge is 0.280 e.